The quantitative estimate of drug-likeness (QED) is 0.208. The third kappa shape index (κ3) is 8.10. The Morgan fingerprint density at radius 2 is 1.78 bits per heavy atom. The van der Waals surface area contributed by atoms with Crippen molar-refractivity contribution in [1.29, 1.82) is 5.26 Å². The summed E-state index contributed by atoms with van der Waals surface area (Å²) in [6.45, 7) is 2.48. The molecule has 9 heteroatoms. The third-order valence-corrected chi connectivity index (χ3v) is 6.31. The molecule has 0 radical (unpaired) electrons. The zero-order chi connectivity index (χ0) is 29.0. The Balaban J connectivity index is 1.52. The van der Waals surface area contributed by atoms with Crippen LogP contribution in [-0.4, -0.2) is 24.0 Å². The molecule has 3 aromatic carbocycles. The standard InChI is InChI=1S/C32H30F2N4O3/c1-22(39)38-12-11-36-19-25-9-10-27(14-32(25)41-20-24-13-23(16-35)17-37-18-24)40-21-26-5-4-7-28(30(26)15-33)29-6-2-3-8-31(29)34/h2-10,13-14,17-18,36H,11-12,15,19-21H2,1H3,(H,38,39). The van der Waals surface area contributed by atoms with Crippen molar-refractivity contribution in [3.05, 3.63) is 113 Å². The number of ether oxygens (including phenoxy) is 2. The number of alkyl halides is 1. The van der Waals surface area contributed by atoms with Crippen molar-refractivity contribution in [2.24, 2.45) is 0 Å². The lowest BCUT2D eigenvalue weighted by molar-refractivity contribution is -0.118. The van der Waals surface area contributed by atoms with Crippen molar-refractivity contribution < 1.29 is 23.0 Å². The highest BCUT2D eigenvalue weighted by Crippen LogP contribution is 2.31. The number of carbonyl (C=O) groups is 1. The SMILES string of the molecule is CC(=O)NCCNCc1ccc(OCc2cccc(-c3ccccc3F)c2CF)cc1OCc1cncc(C#N)c1. The van der Waals surface area contributed by atoms with Gasteiger partial charge in [-0.3, -0.25) is 9.78 Å². The molecule has 0 aliphatic carbocycles. The molecule has 0 bridgehead atoms. The predicted octanol–water partition coefficient (Wildman–Crippen LogP) is 5.61. The fourth-order valence-electron chi connectivity index (χ4n) is 4.26. The van der Waals surface area contributed by atoms with Gasteiger partial charge >= 0.3 is 0 Å². The maximum absolute atomic E-state index is 14.4. The van der Waals surface area contributed by atoms with Crippen LogP contribution in [0.2, 0.25) is 0 Å². The van der Waals surface area contributed by atoms with E-state index in [0.29, 0.717) is 59.0 Å². The minimum atomic E-state index is -0.767. The van der Waals surface area contributed by atoms with Crippen LogP contribution in [0.3, 0.4) is 0 Å². The first-order valence-corrected chi connectivity index (χ1v) is 13.1. The van der Waals surface area contributed by atoms with Crippen molar-refractivity contribution in [3.8, 4) is 28.7 Å². The van der Waals surface area contributed by atoms with Gasteiger partial charge in [-0.05, 0) is 34.9 Å². The fourth-order valence-corrected chi connectivity index (χ4v) is 4.26. The lowest BCUT2D eigenvalue weighted by Gasteiger charge is -2.16. The Labute approximate surface area is 237 Å². The van der Waals surface area contributed by atoms with Crippen molar-refractivity contribution in [2.45, 2.75) is 33.4 Å². The smallest absolute Gasteiger partial charge is 0.216 e. The summed E-state index contributed by atoms with van der Waals surface area (Å²) < 4.78 is 40.8. The van der Waals surface area contributed by atoms with Gasteiger partial charge in [0.15, 0.2) is 0 Å². The summed E-state index contributed by atoms with van der Waals surface area (Å²) in [7, 11) is 0. The van der Waals surface area contributed by atoms with Crippen molar-refractivity contribution >= 4 is 5.91 Å². The first-order chi connectivity index (χ1) is 20.0. The first-order valence-electron chi connectivity index (χ1n) is 13.1. The second-order valence-electron chi connectivity index (χ2n) is 9.26. The number of benzene rings is 3. The van der Waals surface area contributed by atoms with Gasteiger partial charge in [-0.1, -0.05) is 42.5 Å². The Kier molecular flexibility index (Phi) is 10.3. The number of pyridine rings is 1. The van der Waals surface area contributed by atoms with Crippen molar-refractivity contribution in [2.75, 3.05) is 13.1 Å². The molecule has 7 nitrogen and oxygen atoms in total. The van der Waals surface area contributed by atoms with Gasteiger partial charge in [0.2, 0.25) is 5.91 Å². The molecule has 0 atom stereocenters. The number of aromatic nitrogens is 1. The van der Waals surface area contributed by atoms with E-state index in [9.17, 15) is 13.6 Å². The largest absolute Gasteiger partial charge is 0.489 e. The molecule has 0 aliphatic rings. The lowest BCUT2D eigenvalue weighted by Crippen LogP contribution is -2.30. The number of hydrogen-bond acceptors (Lipinski definition) is 6. The highest BCUT2D eigenvalue weighted by Gasteiger charge is 2.14. The zero-order valence-electron chi connectivity index (χ0n) is 22.6. The van der Waals surface area contributed by atoms with E-state index < -0.39 is 12.5 Å². The van der Waals surface area contributed by atoms with E-state index in [1.165, 1.54) is 19.2 Å². The molecule has 0 spiro atoms. The highest BCUT2D eigenvalue weighted by molar-refractivity contribution is 5.72. The van der Waals surface area contributed by atoms with E-state index in [0.717, 1.165) is 11.1 Å². The number of nitrogens with one attached hydrogen (secondary N) is 2. The van der Waals surface area contributed by atoms with Crippen molar-refractivity contribution in [3.63, 3.8) is 0 Å². The van der Waals surface area contributed by atoms with Gasteiger partial charge in [0.1, 0.15) is 43.3 Å². The molecule has 2 N–H and O–H groups in total. The predicted molar refractivity (Wildman–Crippen MR) is 151 cm³/mol. The molecular formula is C32H30F2N4O3. The normalized spacial score (nSPS) is 10.6. The molecule has 0 aliphatic heterocycles. The third-order valence-electron chi connectivity index (χ3n) is 6.31. The van der Waals surface area contributed by atoms with Crippen LogP contribution in [0.1, 0.15) is 34.7 Å². The molecule has 1 amide bonds. The molecule has 0 fully saturated rings. The molecular weight excluding hydrogens is 526 g/mol. The van der Waals surface area contributed by atoms with Crippen LogP contribution in [0.25, 0.3) is 11.1 Å². The van der Waals surface area contributed by atoms with E-state index in [1.54, 1.807) is 60.8 Å². The summed E-state index contributed by atoms with van der Waals surface area (Å²) >= 11 is 0. The van der Waals surface area contributed by atoms with Crippen LogP contribution in [0, 0.1) is 17.1 Å². The second kappa shape index (κ2) is 14.5. The van der Waals surface area contributed by atoms with Crippen LogP contribution in [-0.2, 0) is 31.2 Å². The molecule has 41 heavy (non-hydrogen) atoms. The Morgan fingerprint density at radius 1 is 0.951 bits per heavy atom. The molecule has 0 saturated heterocycles. The number of hydrogen-bond donors (Lipinski definition) is 2. The lowest BCUT2D eigenvalue weighted by atomic mass is 9.96. The maximum Gasteiger partial charge on any atom is 0.216 e. The monoisotopic (exact) mass is 556 g/mol. The summed E-state index contributed by atoms with van der Waals surface area (Å²) in [6, 6.07) is 20.7. The molecule has 210 valence electrons. The fraction of sp³-hybridized carbons (Fsp3) is 0.219. The van der Waals surface area contributed by atoms with Gasteiger partial charge in [-0.2, -0.15) is 5.26 Å². The number of halogens is 2. The topological polar surface area (TPSA) is 96.3 Å². The number of carbonyl (C=O) groups excluding carboxylic acids is 1. The average Bonchev–Trinajstić information content (AvgIpc) is 2.99. The summed E-state index contributed by atoms with van der Waals surface area (Å²) in [5.74, 6) is 0.550. The van der Waals surface area contributed by atoms with E-state index in [-0.39, 0.29) is 19.1 Å². The molecule has 1 aromatic heterocycles. The summed E-state index contributed by atoms with van der Waals surface area (Å²) in [4.78, 5) is 15.2. The van der Waals surface area contributed by atoms with Gasteiger partial charge in [-0.15, -0.1) is 0 Å². The Morgan fingerprint density at radius 3 is 2.56 bits per heavy atom. The van der Waals surface area contributed by atoms with E-state index in [1.807, 2.05) is 6.07 Å². The number of nitrogens with zero attached hydrogens (tertiary/aromatic N) is 2. The van der Waals surface area contributed by atoms with E-state index in [4.69, 9.17) is 14.7 Å². The molecule has 0 saturated carbocycles. The molecule has 1 heterocycles. The average molecular weight is 557 g/mol. The first kappa shape index (κ1) is 29.2. The van der Waals surface area contributed by atoms with Crippen LogP contribution in [0.5, 0.6) is 11.5 Å². The molecule has 0 unspecified atom stereocenters. The number of amides is 1. The van der Waals surface area contributed by atoms with Gasteiger partial charge in [0.05, 0.1) is 5.56 Å². The van der Waals surface area contributed by atoms with Crippen LogP contribution in [0.15, 0.2) is 79.1 Å². The summed E-state index contributed by atoms with van der Waals surface area (Å²) in [5, 5.41) is 15.2. The maximum atomic E-state index is 14.4. The van der Waals surface area contributed by atoms with Gasteiger partial charge in [-0.25, -0.2) is 8.78 Å². The molecule has 4 aromatic rings. The van der Waals surface area contributed by atoms with Crippen LogP contribution < -0.4 is 20.1 Å². The minimum Gasteiger partial charge on any atom is -0.489 e. The minimum absolute atomic E-state index is 0.0729. The van der Waals surface area contributed by atoms with E-state index >= 15 is 0 Å². The Bertz CT molecular complexity index is 1540. The number of rotatable bonds is 13. The second-order valence-corrected chi connectivity index (χ2v) is 9.26. The van der Waals surface area contributed by atoms with E-state index in [2.05, 4.69) is 21.7 Å². The number of nitriles is 1. The summed E-state index contributed by atoms with van der Waals surface area (Å²) in [6.07, 6.45) is 3.11. The molecule has 4 rings (SSSR count). The van der Waals surface area contributed by atoms with Gasteiger partial charge in [0.25, 0.3) is 0 Å². The Hall–Kier alpha value is -4.81. The zero-order valence-corrected chi connectivity index (χ0v) is 22.6. The van der Waals surface area contributed by atoms with Gasteiger partial charge < -0.3 is 20.1 Å². The van der Waals surface area contributed by atoms with Gasteiger partial charge in [0, 0.05) is 61.7 Å². The van der Waals surface area contributed by atoms with Crippen LogP contribution >= 0.6 is 0 Å². The summed E-state index contributed by atoms with van der Waals surface area (Å²) in [5.41, 5.74) is 3.84. The highest BCUT2D eigenvalue weighted by atomic mass is 19.1. The van der Waals surface area contributed by atoms with Crippen molar-refractivity contribution in [1.82, 2.24) is 15.6 Å². The van der Waals surface area contributed by atoms with Crippen LogP contribution in [0.4, 0.5) is 8.78 Å².